The van der Waals surface area contributed by atoms with Crippen LogP contribution in [0.4, 0.5) is 0 Å². The van der Waals surface area contributed by atoms with E-state index in [-0.39, 0.29) is 5.92 Å². The Morgan fingerprint density at radius 2 is 1.86 bits per heavy atom. The molecule has 5 heteroatoms. The van der Waals surface area contributed by atoms with Crippen LogP contribution in [-0.2, 0) is 19.1 Å². The average molecular weight is 310 g/mol. The highest BCUT2D eigenvalue weighted by Crippen LogP contribution is 2.65. The van der Waals surface area contributed by atoms with Crippen molar-refractivity contribution >= 4 is 18.5 Å². The van der Waals surface area contributed by atoms with Crippen molar-refractivity contribution in [3.05, 3.63) is 0 Å². The van der Waals surface area contributed by atoms with Gasteiger partial charge in [0.05, 0.1) is 11.0 Å². The minimum atomic E-state index is -1.49. The largest absolute Gasteiger partial charge is 0.462 e. The van der Waals surface area contributed by atoms with Crippen LogP contribution in [0, 0.1) is 28.6 Å². The molecule has 6 atom stereocenters. The lowest BCUT2D eigenvalue weighted by Gasteiger charge is -2.53. The minimum Gasteiger partial charge on any atom is -0.462 e. The highest BCUT2D eigenvalue weighted by atomic mass is 16.5. The zero-order chi connectivity index (χ0) is 16.9. The first-order valence-electron chi connectivity index (χ1n) is 7.84. The molecule has 2 aliphatic carbocycles. The van der Waals surface area contributed by atoms with Crippen molar-refractivity contribution in [3.63, 3.8) is 0 Å². The summed E-state index contributed by atoms with van der Waals surface area (Å²) >= 11 is 0. The molecule has 0 heterocycles. The highest BCUT2D eigenvalue weighted by molar-refractivity contribution is 5.69. The third-order valence-electron chi connectivity index (χ3n) is 5.87. The highest BCUT2D eigenvalue weighted by Gasteiger charge is 2.72. The fraction of sp³-hybridized carbons (Fsp3) is 0.824. The van der Waals surface area contributed by atoms with Gasteiger partial charge in [-0.2, -0.15) is 0 Å². The van der Waals surface area contributed by atoms with E-state index in [0.29, 0.717) is 12.8 Å². The zero-order valence-corrected chi connectivity index (χ0v) is 14.0. The van der Waals surface area contributed by atoms with Crippen molar-refractivity contribution in [1.29, 1.82) is 0 Å². The van der Waals surface area contributed by atoms with Crippen LogP contribution in [-0.4, -0.2) is 35.4 Å². The fourth-order valence-corrected chi connectivity index (χ4v) is 5.31. The predicted octanol–water partition coefficient (Wildman–Crippen LogP) is 1.76. The van der Waals surface area contributed by atoms with Gasteiger partial charge >= 0.3 is 5.97 Å². The van der Waals surface area contributed by atoms with Gasteiger partial charge in [0.1, 0.15) is 18.7 Å². The summed E-state index contributed by atoms with van der Waals surface area (Å²) in [4.78, 5) is 34.9. The SMILES string of the molecule is CC(=O)O[C@@H]1C[C@H](C)[C@H](C=O)[C@@]2(O)[C@@H]1C(C)(C)C[C@]2(C)C=O. The number of rotatable bonds is 3. The summed E-state index contributed by atoms with van der Waals surface area (Å²) in [7, 11) is 0. The Morgan fingerprint density at radius 3 is 2.32 bits per heavy atom. The molecule has 2 rings (SSSR count). The lowest BCUT2D eigenvalue weighted by molar-refractivity contribution is -0.204. The van der Waals surface area contributed by atoms with E-state index in [1.807, 2.05) is 20.8 Å². The van der Waals surface area contributed by atoms with E-state index in [0.717, 1.165) is 12.6 Å². The molecule has 0 aromatic rings. The Balaban J connectivity index is 2.61. The van der Waals surface area contributed by atoms with E-state index in [4.69, 9.17) is 4.74 Å². The Hall–Kier alpha value is -1.23. The van der Waals surface area contributed by atoms with Gasteiger partial charge in [0, 0.05) is 18.8 Å². The summed E-state index contributed by atoms with van der Waals surface area (Å²) in [5.74, 6) is -1.64. The average Bonchev–Trinajstić information content (AvgIpc) is 2.52. The monoisotopic (exact) mass is 310 g/mol. The second-order valence-corrected chi connectivity index (χ2v) is 8.03. The first-order valence-corrected chi connectivity index (χ1v) is 7.84. The number of esters is 1. The predicted molar refractivity (Wildman–Crippen MR) is 79.9 cm³/mol. The normalized spacial score (nSPS) is 46.6. The van der Waals surface area contributed by atoms with Crippen LogP contribution in [0.5, 0.6) is 0 Å². The van der Waals surface area contributed by atoms with Crippen LogP contribution >= 0.6 is 0 Å². The summed E-state index contributed by atoms with van der Waals surface area (Å²) in [6, 6.07) is 0. The molecule has 0 aromatic heterocycles. The number of aliphatic hydroxyl groups is 1. The molecular formula is C17H26O5. The van der Waals surface area contributed by atoms with Crippen LogP contribution in [0.1, 0.15) is 47.5 Å². The maximum absolute atomic E-state index is 11.8. The van der Waals surface area contributed by atoms with Gasteiger partial charge in [-0.15, -0.1) is 0 Å². The van der Waals surface area contributed by atoms with Crippen molar-refractivity contribution in [2.45, 2.75) is 59.2 Å². The number of ether oxygens (including phenoxy) is 1. The lowest BCUT2D eigenvalue weighted by atomic mass is 9.56. The third-order valence-corrected chi connectivity index (χ3v) is 5.87. The number of carbonyl (C=O) groups is 3. The molecular weight excluding hydrogens is 284 g/mol. The van der Waals surface area contributed by atoms with Crippen molar-refractivity contribution in [2.75, 3.05) is 0 Å². The summed E-state index contributed by atoms with van der Waals surface area (Å²) in [6.07, 6.45) is 2.04. The zero-order valence-electron chi connectivity index (χ0n) is 14.0. The minimum absolute atomic E-state index is 0.156. The van der Waals surface area contributed by atoms with Crippen LogP contribution in [0.15, 0.2) is 0 Å². The third kappa shape index (κ3) is 2.13. The van der Waals surface area contributed by atoms with Crippen molar-refractivity contribution in [1.82, 2.24) is 0 Å². The van der Waals surface area contributed by atoms with Gasteiger partial charge in [0.2, 0.25) is 0 Å². The van der Waals surface area contributed by atoms with Gasteiger partial charge in [-0.1, -0.05) is 27.7 Å². The molecule has 5 nitrogen and oxygen atoms in total. The van der Waals surface area contributed by atoms with Gasteiger partial charge in [-0.3, -0.25) is 4.79 Å². The van der Waals surface area contributed by atoms with E-state index in [2.05, 4.69) is 0 Å². The number of aldehydes is 2. The van der Waals surface area contributed by atoms with Crippen LogP contribution in [0.2, 0.25) is 0 Å². The molecule has 0 amide bonds. The standard InChI is InChI=1S/C17H26O5/c1-10-6-13(22-11(2)20)14-15(3,4)8-16(5,9-19)17(14,21)12(10)7-18/h7,9-10,12-14,21H,6,8H2,1-5H3/t10-,12-,13+,14-,16+,17+/m0/s1. The van der Waals surface area contributed by atoms with Gasteiger partial charge in [0.15, 0.2) is 0 Å². The molecule has 2 fully saturated rings. The van der Waals surface area contributed by atoms with Gasteiger partial charge in [-0.05, 0) is 24.2 Å². The Morgan fingerprint density at radius 1 is 1.27 bits per heavy atom. The van der Waals surface area contributed by atoms with Crippen molar-refractivity contribution in [2.24, 2.45) is 28.6 Å². The van der Waals surface area contributed by atoms with Crippen LogP contribution < -0.4 is 0 Å². The molecule has 0 saturated heterocycles. The fourth-order valence-electron chi connectivity index (χ4n) is 5.31. The van der Waals surface area contributed by atoms with Gasteiger partial charge < -0.3 is 19.4 Å². The Kier molecular flexibility index (Phi) is 4.01. The molecule has 0 bridgehead atoms. The summed E-state index contributed by atoms with van der Waals surface area (Å²) in [5, 5.41) is 11.5. The summed E-state index contributed by atoms with van der Waals surface area (Å²) in [5.41, 5.74) is -2.93. The lowest BCUT2D eigenvalue weighted by Crippen LogP contribution is -2.63. The van der Waals surface area contributed by atoms with E-state index in [1.165, 1.54) is 6.92 Å². The number of hydrogen-bond acceptors (Lipinski definition) is 5. The number of carbonyl (C=O) groups excluding carboxylic acids is 3. The maximum Gasteiger partial charge on any atom is 0.302 e. The summed E-state index contributed by atoms with van der Waals surface area (Å²) < 4.78 is 5.48. The molecule has 0 radical (unpaired) electrons. The van der Waals surface area contributed by atoms with E-state index in [1.54, 1.807) is 6.92 Å². The molecule has 0 unspecified atom stereocenters. The van der Waals surface area contributed by atoms with E-state index >= 15 is 0 Å². The smallest absolute Gasteiger partial charge is 0.302 e. The van der Waals surface area contributed by atoms with Crippen LogP contribution in [0.25, 0.3) is 0 Å². The molecule has 2 aliphatic rings. The first kappa shape index (κ1) is 17.1. The molecule has 2 saturated carbocycles. The second-order valence-electron chi connectivity index (χ2n) is 8.03. The molecule has 0 spiro atoms. The van der Waals surface area contributed by atoms with Crippen molar-refractivity contribution < 1.29 is 24.2 Å². The molecule has 22 heavy (non-hydrogen) atoms. The maximum atomic E-state index is 11.8. The number of fused-ring (bicyclic) bond motifs is 1. The molecule has 0 aliphatic heterocycles. The Labute approximate surface area is 131 Å². The topological polar surface area (TPSA) is 80.7 Å². The molecule has 1 N–H and O–H groups in total. The van der Waals surface area contributed by atoms with Gasteiger partial charge in [-0.25, -0.2) is 0 Å². The van der Waals surface area contributed by atoms with Gasteiger partial charge in [0.25, 0.3) is 0 Å². The molecule has 0 aromatic carbocycles. The number of hydrogen-bond donors (Lipinski definition) is 1. The summed E-state index contributed by atoms with van der Waals surface area (Å²) in [6.45, 7) is 8.84. The van der Waals surface area contributed by atoms with E-state index < -0.39 is 40.3 Å². The van der Waals surface area contributed by atoms with E-state index in [9.17, 15) is 19.5 Å². The molecule has 124 valence electrons. The van der Waals surface area contributed by atoms with Crippen molar-refractivity contribution in [3.8, 4) is 0 Å². The quantitative estimate of drug-likeness (QED) is 0.634. The first-order chi connectivity index (χ1) is 10.0. The Bertz CT molecular complexity index is 499. The van der Waals surface area contributed by atoms with Crippen LogP contribution in [0.3, 0.4) is 0 Å². The second kappa shape index (κ2) is 5.15.